The van der Waals surface area contributed by atoms with Crippen LogP contribution < -0.4 is 15.4 Å². The molecule has 1 aliphatic rings. The summed E-state index contributed by atoms with van der Waals surface area (Å²) < 4.78 is 5.29. The van der Waals surface area contributed by atoms with Gasteiger partial charge in [-0.15, -0.1) is 24.0 Å². The van der Waals surface area contributed by atoms with Gasteiger partial charge in [0, 0.05) is 32.3 Å². The minimum atomic E-state index is -0.393. The van der Waals surface area contributed by atoms with Crippen LogP contribution in [-0.4, -0.2) is 49.6 Å². The summed E-state index contributed by atoms with van der Waals surface area (Å²) in [6.07, 6.45) is 2.44. The minimum absolute atomic E-state index is 0. The zero-order valence-corrected chi connectivity index (χ0v) is 20.2. The molecule has 31 heavy (non-hydrogen) atoms. The Balaban J connectivity index is 0.00000341. The Morgan fingerprint density at radius 2 is 1.77 bits per heavy atom. The normalized spacial score (nSPS) is 15.1. The quantitative estimate of drug-likeness (QED) is 0.175. The molecule has 0 radical (unpaired) electrons. The third-order valence-electron chi connectivity index (χ3n) is 5.38. The van der Waals surface area contributed by atoms with Crippen molar-refractivity contribution in [2.45, 2.75) is 25.4 Å². The molecule has 0 bridgehead atoms. The number of hydrogen-bond donors (Lipinski definition) is 2. The van der Waals surface area contributed by atoms with Gasteiger partial charge in [-0.25, -0.2) is 0 Å². The summed E-state index contributed by atoms with van der Waals surface area (Å²) in [4.78, 5) is 17.2. The van der Waals surface area contributed by atoms with Crippen LogP contribution in [0, 0.1) is 10.1 Å². The van der Waals surface area contributed by atoms with E-state index in [1.165, 1.54) is 30.5 Å². The second kappa shape index (κ2) is 12.5. The molecule has 0 aliphatic carbocycles. The molecule has 2 aromatic carbocycles. The van der Waals surface area contributed by atoms with Crippen molar-refractivity contribution in [2.24, 2.45) is 4.99 Å². The summed E-state index contributed by atoms with van der Waals surface area (Å²) in [6.45, 7) is 3.45. The molecule has 3 rings (SSSR count). The Labute approximate surface area is 200 Å². The van der Waals surface area contributed by atoms with Gasteiger partial charge in [-0.3, -0.25) is 20.0 Å². The summed E-state index contributed by atoms with van der Waals surface area (Å²) in [7, 11) is 3.42. The number of hydrogen-bond acceptors (Lipinski definition) is 5. The summed E-state index contributed by atoms with van der Waals surface area (Å²) in [5.74, 6) is 1.55. The van der Waals surface area contributed by atoms with E-state index in [9.17, 15) is 10.1 Å². The molecule has 1 fully saturated rings. The minimum Gasteiger partial charge on any atom is -0.497 e. The maximum absolute atomic E-state index is 10.8. The summed E-state index contributed by atoms with van der Waals surface area (Å²) in [5.41, 5.74) is 2.29. The topological polar surface area (TPSA) is 92.0 Å². The van der Waals surface area contributed by atoms with Crippen molar-refractivity contribution in [3.8, 4) is 5.75 Å². The summed E-state index contributed by atoms with van der Waals surface area (Å²) in [6, 6.07) is 15.0. The fourth-order valence-corrected chi connectivity index (χ4v) is 3.67. The van der Waals surface area contributed by atoms with Crippen molar-refractivity contribution in [3.05, 3.63) is 69.8 Å². The number of non-ortho nitro benzene ring substituents is 1. The van der Waals surface area contributed by atoms with Crippen molar-refractivity contribution < 1.29 is 9.66 Å². The number of nitrogens with zero attached hydrogens (tertiary/aromatic N) is 3. The zero-order valence-electron chi connectivity index (χ0n) is 17.9. The van der Waals surface area contributed by atoms with E-state index in [-0.39, 0.29) is 35.7 Å². The first-order valence-corrected chi connectivity index (χ1v) is 10.2. The number of guanidine groups is 1. The Kier molecular flexibility index (Phi) is 9.99. The van der Waals surface area contributed by atoms with E-state index >= 15 is 0 Å². The molecule has 2 N–H and O–H groups in total. The molecule has 0 amide bonds. The predicted octanol–water partition coefficient (Wildman–Crippen LogP) is 3.72. The first-order chi connectivity index (χ1) is 14.6. The average Bonchev–Trinajstić information content (AvgIpc) is 3.31. The van der Waals surface area contributed by atoms with Crippen LogP contribution in [0.25, 0.3) is 0 Å². The molecule has 1 saturated heterocycles. The van der Waals surface area contributed by atoms with E-state index in [0.29, 0.717) is 12.5 Å². The van der Waals surface area contributed by atoms with Crippen molar-refractivity contribution in [1.29, 1.82) is 0 Å². The second-order valence-electron chi connectivity index (χ2n) is 7.26. The molecular formula is C22H30IN5O3. The van der Waals surface area contributed by atoms with Crippen LogP contribution in [0.2, 0.25) is 0 Å². The van der Waals surface area contributed by atoms with Crippen LogP contribution in [0.15, 0.2) is 53.5 Å². The summed E-state index contributed by atoms with van der Waals surface area (Å²) in [5, 5.41) is 17.5. The zero-order chi connectivity index (χ0) is 21.3. The lowest BCUT2D eigenvalue weighted by Crippen LogP contribution is -2.42. The average molecular weight is 539 g/mol. The molecule has 168 valence electrons. The van der Waals surface area contributed by atoms with E-state index in [1.807, 2.05) is 12.1 Å². The van der Waals surface area contributed by atoms with Crippen molar-refractivity contribution in [1.82, 2.24) is 15.5 Å². The van der Waals surface area contributed by atoms with Gasteiger partial charge >= 0.3 is 0 Å². The van der Waals surface area contributed by atoms with Crippen LogP contribution in [-0.2, 0) is 6.54 Å². The van der Waals surface area contributed by atoms with Crippen molar-refractivity contribution in [2.75, 3.05) is 33.8 Å². The van der Waals surface area contributed by atoms with Gasteiger partial charge in [0.1, 0.15) is 5.75 Å². The molecule has 1 atom stereocenters. The highest BCUT2D eigenvalue weighted by Crippen LogP contribution is 2.26. The van der Waals surface area contributed by atoms with Crippen LogP contribution >= 0.6 is 24.0 Å². The molecule has 0 spiro atoms. The highest BCUT2D eigenvalue weighted by atomic mass is 127. The van der Waals surface area contributed by atoms with Gasteiger partial charge in [0.25, 0.3) is 5.69 Å². The van der Waals surface area contributed by atoms with Crippen LogP contribution in [0.4, 0.5) is 5.69 Å². The first-order valence-electron chi connectivity index (χ1n) is 10.2. The molecule has 9 heteroatoms. The van der Waals surface area contributed by atoms with Crippen molar-refractivity contribution in [3.63, 3.8) is 0 Å². The lowest BCUT2D eigenvalue weighted by molar-refractivity contribution is -0.384. The fraction of sp³-hybridized carbons (Fsp3) is 0.409. The largest absolute Gasteiger partial charge is 0.497 e. The molecular weight excluding hydrogens is 509 g/mol. The number of rotatable bonds is 8. The monoisotopic (exact) mass is 539 g/mol. The predicted molar refractivity (Wildman–Crippen MR) is 133 cm³/mol. The third-order valence-corrected chi connectivity index (χ3v) is 5.38. The molecule has 0 aromatic heterocycles. The number of nitrogens with one attached hydrogen (secondary N) is 2. The van der Waals surface area contributed by atoms with E-state index < -0.39 is 4.92 Å². The van der Waals surface area contributed by atoms with Crippen LogP contribution in [0.5, 0.6) is 5.75 Å². The maximum atomic E-state index is 10.8. The van der Waals surface area contributed by atoms with E-state index in [0.717, 1.165) is 30.9 Å². The number of nitro groups is 1. The van der Waals surface area contributed by atoms with Gasteiger partial charge in [-0.1, -0.05) is 24.3 Å². The Morgan fingerprint density at radius 1 is 1.13 bits per heavy atom. The number of nitro benzene ring substituents is 1. The maximum Gasteiger partial charge on any atom is 0.269 e. The standard InChI is InChI=1S/C22H29N5O3.HI/c1-23-22(24-15-17-5-9-19(10-6-17)27(28)29)25-16-21(26-13-3-4-14-26)18-7-11-20(30-2)12-8-18;/h5-12,21H,3-4,13-16H2,1-2H3,(H2,23,24,25);1H. The lowest BCUT2D eigenvalue weighted by Gasteiger charge is -2.29. The SMILES string of the molecule is CN=C(NCc1ccc([N+](=O)[O-])cc1)NCC(c1ccc(OC)cc1)N1CCCC1.I. The van der Waals surface area contributed by atoms with Gasteiger partial charge in [0.2, 0.25) is 0 Å². The highest BCUT2D eigenvalue weighted by molar-refractivity contribution is 14.0. The number of ether oxygens (including phenoxy) is 1. The Hall–Kier alpha value is -2.40. The van der Waals surface area contributed by atoms with Crippen LogP contribution in [0.1, 0.15) is 30.0 Å². The van der Waals surface area contributed by atoms with Gasteiger partial charge in [0.05, 0.1) is 18.1 Å². The number of benzene rings is 2. The van der Waals surface area contributed by atoms with E-state index in [1.54, 1.807) is 26.3 Å². The van der Waals surface area contributed by atoms with Crippen molar-refractivity contribution >= 4 is 35.6 Å². The lowest BCUT2D eigenvalue weighted by atomic mass is 10.1. The molecule has 1 heterocycles. The second-order valence-corrected chi connectivity index (χ2v) is 7.26. The van der Waals surface area contributed by atoms with Gasteiger partial charge in [-0.2, -0.15) is 0 Å². The van der Waals surface area contributed by atoms with Gasteiger partial charge in [0.15, 0.2) is 5.96 Å². The van der Waals surface area contributed by atoms with E-state index in [4.69, 9.17) is 4.74 Å². The number of likely N-dealkylation sites (tertiary alicyclic amines) is 1. The smallest absolute Gasteiger partial charge is 0.269 e. The first kappa shape index (κ1) is 24.9. The van der Waals surface area contributed by atoms with Crippen LogP contribution in [0.3, 0.4) is 0 Å². The van der Waals surface area contributed by atoms with E-state index in [2.05, 4.69) is 32.7 Å². The Morgan fingerprint density at radius 3 is 2.32 bits per heavy atom. The number of halogens is 1. The molecule has 8 nitrogen and oxygen atoms in total. The summed E-state index contributed by atoms with van der Waals surface area (Å²) >= 11 is 0. The van der Waals surface area contributed by atoms with Gasteiger partial charge in [-0.05, 0) is 49.2 Å². The highest BCUT2D eigenvalue weighted by Gasteiger charge is 2.23. The third kappa shape index (κ3) is 7.06. The Bertz CT molecular complexity index is 852. The molecule has 0 saturated carbocycles. The van der Waals surface area contributed by atoms with Gasteiger partial charge < -0.3 is 15.4 Å². The molecule has 1 aliphatic heterocycles. The number of methoxy groups -OCH3 is 1. The molecule has 1 unspecified atom stereocenters. The number of aliphatic imine (C=N–C) groups is 1. The molecule has 2 aromatic rings. The fourth-order valence-electron chi connectivity index (χ4n) is 3.67.